The predicted octanol–water partition coefficient (Wildman–Crippen LogP) is 4.70. The van der Waals surface area contributed by atoms with Gasteiger partial charge < -0.3 is 15.1 Å². The zero-order valence-corrected chi connectivity index (χ0v) is 18.5. The van der Waals surface area contributed by atoms with Gasteiger partial charge in [-0.25, -0.2) is 9.37 Å². The Morgan fingerprint density at radius 1 is 1.14 bits per heavy atom. The summed E-state index contributed by atoms with van der Waals surface area (Å²) in [5.41, 5.74) is 3.18. The first-order chi connectivity index (χ1) is 13.2. The number of benzene rings is 1. The van der Waals surface area contributed by atoms with E-state index in [0.717, 1.165) is 36.6 Å². The Labute approximate surface area is 182 Å². The maximum absolute atomic E-state index is 13.0. The van der Waals surface area contributed by atoms with Crippen LogP contribution >= 0.6 is 24.0 Å². The molecule has 0 saturated heterocycles. The molecule has 2 aromatic rings. The largest absolute Gasteiger partial charge is 0.444 e. The molecule has 3 rings (SSSR count). The number of hydrogen-bond donors (Lipinski definition) is 2. The number of nitrogens with one attached hydrogen (secondary N) is 2. The molecular formula is C21H28FIN4O. The summed E-state index contributed by atoms with van der Waals surface area (Å²) < 4.78 is 18.5. The number of rotatable bonds is 7. The molecule has 0 atom stereocenters. The minimum Gasteiger partial charge on any atom is -0.444 e. The van der Waals surface area contributed by atoms with Crippen LogP contribution in [0.1, 0.15) is 37.8 Å². The van der Waals surface area contributed by atoms with Gasteiger partial charge in [-0.3, -0.25) is 4.99 Å². The minimum atomic E-state index is -0.270. The number of halogens is 2. The summed E-state index contributed by atoms with van der Waals surface area (Å²) in [4.78, 5) is 8.72. The molecule has 0 spiro atoms. The van der Waals surface area contributed by atoms with Gasteiger partial charge in [0.25, 0.3) is 0 Å². The summed E-state index contributed by atoms with van der Waals surface area (Å²) in [7, 11) is 1.78. The third-order valence-corrected chi connectivity index (χ3v) is 4.66. The standard InChI is InChI=1S/C21H27FN4O.HI/c1-23-21(24-13-11-16-5-3-2-4-6-16)25-14-12-19-15-27-20(26-19)17-7-9-18(22)10-8-17;/h5,7-10,15H,2-4,6,11-14H2,1H3,(H2,23,24,25);1H. The molecule has 5 nitrogen and oxygen atoms in total. The van der Waals surface area contributed by atoms with Crippen molar-refractivity contribution in [3.63, 3.8) is 0 Å². The fourth-order valence-electron chi connectivity index (χ4n) is 3.15. The third-order valence-electron chi connectivity index (χ3n) is 4.66. The van der Waals surface area contributed by atoms with Crippen LogP contribution in [0.25, 0.3) is 11.5 Å². The van der Waals surface area contributed by atoms with E-state index in [1.165, 1.54) is 37.8 Å². The Kier molecular flexibility index (Phi) is 9.46. The van der Waals surface area contributed by atoms with Gasteiger partial charge in [0, 0.05) is 32.1 Å². The van der Waals surface area contributed by atoms with E-state index in [-0.39, 0.29) is 29.8 Å². The zero-order valence-electron chi connectivity index (χ0n) is 16.2. The quantitative estimate of drug-likeness (QED) is 0.252. The van der Waals surface area contributed by atoms with Crippen molar-refractivity contribution in [3.05, 3.63) is 53.7 Å². The Morgan fingerprint density at radius 2 is 1.89 bits per heavy atom. The summed E-state index contributed by atoms with van der Waals surface area (Å²) in [5, 5.41) is 6.66. The minimum absolute atomic E-state index is 0. The van der Waals surface area contributed by atoms with Crippen molar-refractivity contribution in [2.45, 2.75) is 38.5 Å². The Morgan fingerprint density at radius 3 is 2.57 bits per heavy atom. The maximum Gasteiger partial charge on any atom is 0.226 e. The molecule has 152 valence electrons. The number of nitrogens with zero attached hydrogens (tertiary/aromatic N) is 2. The van der Waals surface area contributed by atoms with Gasteiger partial charge in [-0.05, 0) is 56.4 Å². The second kappa shape index (κ2) is 11.8. The van der Waals surface area contributed by atoms with E-state index in [9.17, 15) is 4.39 Å². The third kappa shape index (κ3) is 6.92. The average Bonchev–Trinajstić information content (AvgIpc) is 3.17. The van der Waals surface area contributed by atoms with Gasteiger partial charge in [0.1, 0.15) is 12.1 Å². The summed E-state index contributed by atoms with van der Waals surface area (Å²) in [6.45, 7) is 1.60. The zero-order chi connectivity index (χ0) is 18.9. The van der Waals surface area contributed by atoms with Crippen molar-refractivity contribution >= 4 is 29.9 Å². The number of oxazole rings is 1. The van der Waals surface area contributed by atoms with Crippen molar-refractivity contribution in [1.82, 2.24) is 15.6 Å². The molecule has 0 fully saturated rings. The summed E-state index contributed by atoms with van der Waals surface area (Å²) in [6, 6.07) is 6.13. The number of aromatic nitrogens is 1. The van der Waals surface area contributed by atoms with Crippen molar-refractivity contribution in [3.8, 4) is 11.5 Å². The van der Waals surface area contributed by atoms with E-state index in [2.05, 4.69) is 26.7 Å². The molecule has 0 saturated carbocycles. The van der Waals surface area contributed by atoms with Gasteiger partial charge in [0.15, 0.2) is 5.96 Å². The van der Waals surface area contributed by atoms with Crippen LogP contribution in [0, 0.1) is 5.82 Å². The molecular weight excluding hydrogens is 470 g/mol. The van der Waals surface area contributed by atoms with E-state index in [1.807, 2.05) is 0 Å². The Bertz CT molecular complexity index is 786. The van der Waals surface area contributed by atoms with E-state index in [1.54, 1.807) is 31.0 Å². The molecule has 0 unspecified atom stereocenters. The molecule has 2 N–H and O–H groups in total. The van der Waals surface area contributed by atoms with Gasteiger partial charge in [0.05, 0.1) is 5.69 Å². The van der Waals surface area contributed by atoms with Crippen LogP contribution in [0.4, 0.5) is 4.39 Å². The average molecular weight is 498 g/mol. The number of hydrogen-bond acceptors (Lipinski definition) is 3. The van der Waals surface area contributed by atoms with Gasteiger partial charge in [-0.1, -0.05) is 11.6 Å². The molecule has 0 aliphatic heterocycles. The lowest BCUT2D eigenvalue weighted by Gasteiger charge is -2.15. The van der Waals surface area contributed by atoms with Gasteiger partial charge in [-0.15, -0.1) is 24.0 Å². The summed E-state index contributed by atoms with van der Waals surface area (Å²) in [5.74, 6) is 1.04. The highest BCUT2D eigenvalue weighted by Crippen LogP contribution is 2.20. The van der Waals surface area contributed by atoms with Crippen molar-refractivity contribution < 1.29 is 8.81 Å². The highest BCUT2D eigenvalue weighted by Gasteiger charge is 2.08. The van der Waals surface area contributed by atoms with Crippen molar-refractivity contribution in [1.29, 1.82) is 0 Å². The summed E-state index contributed by atoms with van der Waals surface area (Å²) >= 11 is 0. The van der Waals surface area contributed by atoms with Gasteiger partial charge in [0.2, 0.25) is 5.89 Å². The lowest BCUT2D eigenvalue weighted by molar-refractivity contribution is 0.571. The van der Waals surface area contributed by atoms with Crippen LogP contribution in [-0.4, -0.2) is 31.1 Å². The lowest BCUT2D eigenvalue weighted by Crippen LogP contribution is -2.38. The molecule has 1 heterocycles. The molecule has 1 aliphatic carbocycles. The fourth-order valence-corrected chi connectivity index (χ4v) is 3.15. The number of allylic oxidation sites excluding steroid dienone is 1. The Hall–Kier alpha value is -1.90. The number of aliphatic imine (C=N–C) groups is 1. The summed E-state index contributed by atoms with van der Waals surface area (Å²) in [6.07, 6.45) is 10.9. The van der Waals surface area contributed by atoms with E-state index < -0.39 is 0 Å². The monoisotopic (exact) mass is 498 g/mol. The topological polar surface area (TPSA) is 62.5 Å². The van der Waals surface area contributed by atoms with Crippen LogP contribution in [0.3, 0.4) is 0 Å². The maximum atomic E-state index is 13.0. The normalized spacial score (nSPS) is 14.2. The Balaban J connectivity index is 0.00000280. The first-order valence-electron chi connectivity index (χ1n) is 9.57. The second-order valence-electron chi connectivity index (χ2n) is 6.68. The first-order valence-corrected chi connectivity index (χ1v) is 9.57. The van der Waals surface area contributed by atoms with E-state index >= 15 is 0 Å². The lowest BCUT2D eigenvalue weighted by atomic mass is 9.97. The van der Waals surface area contributed by atoms with Crippen LogP contribution in [-0.2, 0) is 6.42 Å². The molecule has 0 amide bonds. The highest BCUT2D eigenvalue weighted by atomic mass is 127. The van der Waals surface area contributed by atoms with Gasteiger partial charge in [-0.2, -0.15) is 0 Å². The van der Waals surface area contributed by atoms with Crippen LogP contribution in [0.2, 0.25) is 0 Å². The smallest absolute Gasteiger partial charge is 0.226 e. The molecule has 1 aromatic heterocycles. The molecule has 1 aliphatic rings. The van der Waals surface area contributed by atoms with Crippen LogP contribution in [0.5, 0.6) is 0 Å². The highest BCUT2D eigenvalue weighted by molar-refractivity contribution is 14.0. The van der Waals surface area contributed by atoms with E-state index in [4.69, 9.17) is 4.42 Å². The SMILES string of the molecule is CN=C(NCCC1=CCCCC1)NCCc1coc(-c2ccc(F)cc2)n1.I. The fraction of sp³-hybridized carbons (Fsp3) is 0.429. The predicted molar refractivity (Wildman–Crippen MR) is 122 cm³/mol. The molecule has 28 heavy (non-hydrogen) atoms. The first kappa shape index (κ1) is 22.4. The van der Waals surface area contributed by atoms with Crippen LogP contribution < -0.4 is 10.6 Å². The van der Waals surface area contributed by atoms with Crippen molar-refractivity contribution in [2.24, 2.45) is 4.99 Å². The molecule has 1 aromatic carbocycles. The molecule has 0 radical (unpaired) electrons. The van der Waals surface area contributed by atoms with Crippen molar-refractivity contribution in [2.75, 3.05) is 20.1 Å². The van der Waals surface area contributed by atoms with Gasteiger partial charge >= 0.3 is 0 Å². The van der Waals surface area contributed by atoms with E-state index in [0.29, 0.717) is 12.4 Å². The second-order valence-corrected chi connectivity index (χ2v) is 6.68. The molecule has 7 heteroatoms. The van der Waals surface area contributed by atoms with Crippen LogP contribution in [0.15, 0.2) is 51.6 Å². The number of guanidine groups is 1. The molecule has 0 bridgehead atoms.